The monoisotopic (exact) mass is 562 g/mol. The maximum Gasteiger partial charge on any atom is 0.0656 e. The molecule has 1 unspecified atom stereocenters. The number of benzene rings is 2. The van der Waals surface area contributed by atoms with Crippen molar-refractivity contribution in [2.75, 3.05) is 0 Å². The van der Waals surface area contributed by atoms with Gasteiger partial charge in [-0.2, -0.15) is 0 Å². The standard InChI is InChI=1S/C13H7Br3ClI/c14-8-2-3-10(15)9(6-8)13(16)7-1-4-12(18)11(17)5-7/h1-6,13H. The summed E-state index contributed by atoms with van der Waals surface area (Å²) in [5.74, 6) is 0. The van der Waals surface area contributed by atoms with Crippen molar-refractivity contribution in [3.8, 4) is 0 Å². The summed E-state index contributed by atoms with van der Waals surface area (Å²) >= 11 is 19.2. The molecule has 2 rings (SSSR count). The molecule has 2 aromatic rings. The minimum absolute atomic E-state index is 0.110. The number of hydrogen-bond donors (Lipinski definition) is 0. The fraction of sp³-hybridized carbons (Fsp3) is 0.0769. The van der Waals surface area contributed by atoms with Crippen molar-refractivity contribution in [3.63, 3.8) is 0 Å². The Hall–Kier alpha value is 0.900. The van der Waals surface area contributed by atoms with E-state index in [1.54, 1.807) is 0 Å². The van der Waals surface area contributed by atoms with Crippen molar-refractivity contribution in [1.82, 2.24) is 0 Å². The summed E-state index contributed by atoms with van der Waals surface area (Å²) in [5, 5.41) is 0.781. The van der Waals surface area contributed by atoms with E-state index in [-0.39, 0.29) is 4.83 Å². The second kappa shape index (κ2) is 6.57. The van der Waals surface area contributed by atoms with Crippen LogP contribution in [0.15, 0.2) is 45.3 Å². The lowest BCUT2D eigenvalue weighted by atomic mass is 10.1. The Labute approximate surface area is 150 Å². The first kappa shape index (κ1) is 15.3. The Morgan fingerprint density at radius 3 is 2.44 bits per heavy atom. The highest BCUT2D eigenvalue weighted by molar-refractivity contribution is 14.1. The Morgan fingerprint density at radius 2 is 1.78 bits per heavy atom. The molecular weight excluding hydrogens is 558 g/mol. The molecule has 0 aliphatic heterocycles. The molecule has 0 radical (unpaired) electrons. The molecule has 0 amide bonds. The number of alkyl halides is 1. The summed E-state index contributed by atoms with van der Waals surface area (Å²) in [5.41, 5.74) is 2.31. The van der Waals surface area contributed by atoms with Crippen LogP contribution in [0.1, 0.15) is 16.0 Å². The molecule has 2 aromatic carbocycles. The molecule has 0 bridgehead atoms. The Kier molecular flexibility index (Phi) is 5.58. The van der Waals surface area contributed by atoms with Crippen LogP contribution in [0.4, 0.5) is 0 Å². The van der Waals surface area contributed by atoms with Crippen molar-refractivity contribution >= 4 is 82.0 Å². The van der Waals surface area contributed by atoms with Crippen LogP contribution in [0.2, 0.25) is 5.02 Å². The van der Waals surface area contributed by atoms with Gasteiger partial charge in [0.1, 0.15) is 0 Å². The van der Waals surface area contributed by atoms with Crippen LogP contribution < -0.4 is 0 Å². The normalized spacial score (nSPS) is 12.5. The predicted molar refractivity (Wildman–Crippen MR) is 96.8 cm³/mol. The summed E-state index contributed by atoms with van der Waals surface area (Å²) in [7, 11) is 0. The maximum absolute atomic E-state index is 6.17. The molecule has 0 aliphatic carbocycles. The zero-order chi connectivity index (χ0) is 13.3. The summed E-state index contributed by atoms with van der Waals surface area (Å²) in [4.78, 5) is 0.110. The van der Waals surface area contributed by atoms with Gasteiger partial charge in [0.25, 0.3) is 0 Å². The van der Waals surface area contributed by atoms with Crippen molar-refractivity contribution < 1.29 is 0 Å². The van der Waals surface area contributed by atoms with Crippen LogP contribution in [-0.2, 0) is 0 Å². The van der Waals surface area contributed by atoms with Crippen LogP contribution >= 0.6 is 82.0 Å². The van der Waals surface area contributed by atoms with Gasteiger partial charge in [0, 0.05) is 12.5 Å². The largest absolute Gasteiger partial charge is 0.0832 e. The fourth-order valence-corrected chi connectivity index (χ4v) is 3.91. The third kappa shape index (κ3) is 3.51. The smallest absolute Gasteiger partial charge is 0.0656 e. The molecular formula is C13H7Br3ClI. The van der Waals surface area contributed by atoms with E-state index in [1.807, 2.05) is 24.3 Å². The number of rotatable bonds is 2. The van der Waals surface area contributed by atoms with Gasteiger partial charge in [0.05, 0.1) is 9.85 Å². The minimum Gasteiger partial charge on any atom is -0.0832 e. The third-order valence-corrected chi connectivity index (χ3v) is 6.28. The molecule has 0 fully saturated rings. The van der Waals surface area contributed by atoms with Gasteiger partial charge in [-0.05, 0) is 64.0 Å². The first-order valence-corrected chi connectivity index (χ1v) is 8.99. The van der Waals surface area contributed by atoms with Gasteiger partial charge in [0.2, 0.25) is 0 Å². The zero-order valence-corrected chi connectivity index (χ0v) is 16.6. The Bertz CT molecular complexity index is 586. The van der Waals surface area contributed by atoms with Crippen LogP contribution in [0.5, 0.6) is 0 Å². The van der Waals surface area contributed by atoms with Crippen LogP contribution in [-0.4, -0.2) is 0 Å². The molecule has 0 nitrogen and oxygen atoms in total. The van der Waals surface area contributed by atoms with Crippen LogP contribution in [0, 0.1) is 3.57 Å². The molecule has 0 saturated heterocycles. The SMILES string of the molecule is Clc1cc(C(Br)c2cc(Br)ccc2Br)ccc1I. The summed E-state index contributed by atoms with van der Waals surface area (Å²) in [6.07, 6.45) is 0. The van der Waals surface area contributed by atoms with Gasteiger partial charge in [-0.25, -0.2) is 0 Å². The molecule has 94 valence electrons. The van der Waals surface area contributed by atoms with Gasteiger partial charge < -0.3 is 0 Å². The quantitative estimate of drug-likeness (QED) is 0.273. The van der Waals surface area contributed by atoms with Gasteiger partial charge in [-0.15, -0.1) is 0 Å². The second-order valence-corrected chi connectivity index (χ2v) is 7.96. The van der Waals surface area contributed by atoms with Crippen molar-refractivity contribution in [2.45, 2.75) is 4.83 Å². The lowest BCUT2D eigenvalue weighted by Gasteiger charge is -2.14. The van der Waals surface area contributed by atoms with Gasteiger partial charge >= 0.3 is 0 Å². The van der Waals surface area contributed by atoms with E-state index in [4.69, 9.17) is 11.6 Å². The molecule has 0 aromatic heterocycles. The lowest BCUT2D eigenvalue weighted by molar-refractivity contribution is 1.16. The fourth-order valence-electron chi connectivity index (χ4n) is 1.56. The van der Waals surface area contributed by atoms with Crippen LogP contribution in [0.3, 0.4) is 0 Å². The van der Waals surface area contributed by atoms with E-state index in [2.05, 4.69) is 82.5 Å². The summed E-state index contributed by atoms with van der Waals surface area (Å²) in [6.45, 7) is 0. The lowest BCUT2D eigenvalue weighted by Crippen LogP contribution is -1.95. The predicted octanol–water partition coefficient (Wildman–Crippen LogP) is 6.95. The van der Waals surface area contributed by atoms with E-state index in [1.165, 1.54) is 5.56 Å². The number of hydrogen-bond acceptors (Lipinski definition) is 0. The van der Waals surface area contributed by atoms with E-state index in [0.717, 1.165) is 23.1 Å². The second-order valence-electron chi connectivity index (χ2n) is 3.70. The third-order valence-electron chi connectivity index (χ3n) is 2.47. The highest BCUT2D eigenvalue weighted by atomic mass is 127. The van der Waals surface area contributed by atoms with E-state index in [0.29, 0.717) is 0 Å². The van der Waals surface area contributed by atoms with Crippen LogP contribution in [0.25, 0.3) is 0 Å². The Balaban J connectivity index is 2.44. The van der Waals surface area contributed by atoms with E-state index in [9.17, 15) is 0 Å². The first-order valence-electron chi connectivity index (χ1n) is 5.03. The molecule has 1 atom stereocenters. The van der Waals surface area contributed by atoms with Gasteiger partial charge in [0.15, 0.2) is 0 Å². The molecule has 0 aliphatic rings. The Morgan fingerprint density at radius 1 is 1.06 bits per heavy atom. The summed E-state index contributed by atoms with van der Waals surface area (Å²) < 4.78 is 3.19. The van der Waals surface area contributed by atoms with Gasteiger partial charge in [-0.1, -0.05) is 65.5 Å². The van der Waals surface area contributed by atoms with Gasteiger partial charge in [-0.3, -0.25) is 0 Å². The molecule has 0 spiro atoms. The van der Waals surface area contributed by atoms with Crippen molar-refractivity contribution in [2.24, 2.45) is 0 Å². The van der Waals surface area contributed by atoms with Crippen molar-refractivity contribution in [3.05, 3.63) is 65.1 Å². The highest BCUT2D eigenvalue weighted by Crippen LogP contribution is 2.38. The molecule has 5 heteroatoms. The summed E-state index contributed by atoms with van der Waals surface area (Å²) in [6, 6.07) is 12.2. The average molecular weight is 565 g/mol. The molecule has 0 N–H and O–H groups in total. The first-order chi connectivity index (χ1) is 8.49. The molecule has 0 heterocycles. The van der Waals surface area contributed by atoms with Crippen molar-refractivity contribution in [1.29, 1.82) is 0 Å². The topological polar surface area (TPSA) is 0 Å². The maximum atomic E-state index is 6.17. The average Bonchev–Trinajstić information content (AvgIpc) is 2.35. The molecule has 18 heavy (non-hydrogen) atoms. The molecule has 0 saturated carbocycles. The zero-order valence-electron chi connectivity index (χ0n) is 8.93. The van der Waals surface area contributed by atoms with E-state index >= 15 is 0 Å². The minimum atomic E-state index is 0.110. The van der Waals surface area contributed by atoms with E-state index < -0.39 is 0 Å². The number of halogens is 5. The highest BCUT2D eigenvalue weighted by Gasteiger charge is 2.15.